The summed E-state index contributed by atoms with van der Waals surface area (Å²) in [4.78, 5) is 0.112. The van der Waals surface area contributed by atoms with Crippen LogP contribution in [0, 0.1) is 0 Å². The number of rotatable bonds is 7. The van der Waals surface area contributed by atoms with E-state index in [1.165, 1.54) is 6.07 Å². The molecule has 0 aliphatic rings. The van der Waals surface area contributed by atoms with Gasteiger partial charge in [-0.25, -0.2) is 8.42 Å². The van der Waals surface area contributed by atoms with Crippen molar-refractivity contribution in [2.75, 3.05) is 6.61 Å². The number of benzene rings is 1. The van der Waals surface area contributed by atoms with Gasteiger partial charge in [-0.2, -0.15) is 0 Å². The molecule has 1 rings (SSSR count). The number of hydrogen-bond acceptors (Lipinski definition) is 3. The fourth-order valence-electron chi connectivity index (χ4n) is 1.67. The van der Waals surface area contributed by atoms with Gasteiger partial charge < -0.3 is 4.74 Å². The molecular formula is C14H19ClO3S. The first-order valence-electron chi connectivity index (χ1n) is 6.22. The molecule has 1 unspecified atom stereocenters. The molecule has 1 aromatic carbocycles. The minimum absolute atomic E-state index is 0.112. The van der Waals surface area contributed by atoms with Crippen LogP contribution in [0.3, 0.4) is 0 Å². The van der Waals surface area contributed by atoms with Crippen LogP contribution in [0.5, 0.6) is 5.75 Å². The van der Waals surface area contributed by atoms with Crippen molar-refractivity contribution in [1.82, 2.24) is 0 Å². The van der Waals surface area contributed by atoms with Gasteiger partial charge in [0, 0.05) is 10.7 Å². The summed E-state index contributed by atoms with van der Waals surface area (Å²) in [6.07, 6.45) is 3.42. The molecule has 0 aliphatic heterocycles. The quantitative estimate of drug-likeness (QED) is 0.433. The van der Waals surface area contributed by atoms with Crippen LogP contribution in [0.4, 0.5) is 0 Å². The van der Waals surface area contributed by atoms with Gasteiger partial charge >= 0.3 is 0 Å². The average molecular weight is 303 g/mol. The fourth-order valence-corrected chi connectivity index (χ4v) is 2.45. The molecule has 0 aliphatic carbocycles. The summed E-state index contributed by atoms with van der Waals surface area (Å²) in [5, 5.41) is 0. The minimum atomic E-state index is -3.71. The first-order valence-corrected chi connectivity index (χ1v) is 8.53. The van der Waals surface area contributed by atoms with Gasteiger partial charge in [0.25, 0.3) is 9.05 Å². The van der Waals surface area contributed by atoms with Crippen molar-refractivity contribution in [2.45, 2.75) is 37.5 Å². The molecule has 0 saturated carbocycles. The van der Waals surface area contributed by atoms with E-state index >= 15 is 0 Å². The molecule has 3 nitrogen and oxygen atoms in total. The van der Waals surface area contributed by atoms with Crippen LogP contribution in [0.1, 0.15) is 38.2 Å². The smallest absolute Gasteiger partial charge is 0.261 e. The van der Waals surface area contributed by atoms with Crippen molar-refractivity contribution < 1.29 is 13.2 Å². The molecule has 0 bridgehead atoms. The Kier molecular flexibility index (Phi) is 5.88. The molecule has 0 fully saturated rings. The monoisotopic (exact) mass is 302 g/mol. The van der Waals surface area contributed by atoms with Crippen molar-refractivity contribution in [3.63, 3.8) is 0 Å². The number of hydrogen-bond donors (Lipinski definition) is 0. The van der Waals surface area contributed by atoms with Crippen molar-refractivity contribution in [3.8, 4) is 5.75 Å². The zero-order chi connectivity index (χ0) is 14.5. The predicted octanol–water partition coefficient (Wildman–Crippen LogP) is 4.08. The Morgan fingerprint density at radius 2 is 2.16 bits per heavy atom. The van der Waals surface area contributed by atoms with Gasteiger partial charge in [-0.05, 0) is 42.5 Å². The lowest BCUT2D eigenvalue weighted by molar-refractivity contribution is 0.319. The summed E-state index contributed by atoms with van der Waals surface area (Å²) in [6, 6.07) is 4.73. The third-order valence-electron chi connectivity index (χ3n) is 2.99. The number of halogens is 1. The number of ether oxygens (including phenoxy) is 1. The van der Waals surface area contributed by atoms with Gasteiger partial charge in [0.05, 0.1) is 11.5 Å². The van der Waals surface area contributed by atoms with Gasteiger partial charge in [-0.3, -0.25) is 0 Å². The molecule has 1 atom stereocenters. The van der Waals surface area contributed by atoms with E-state index in [1.54, 1.807) is 18.2 Å². The lowest BCUT2D eigenvalue weighted by Crippen LogP contribution is -2.03. The highest BCUT2D eigenvalue weighted by molar-refractivity contribution is 8.13. The van der Waals surface area contributed by atoms with Crippen LogP contribution in [0.25, 0.3) is 0 Å². The molecule has 106 valence electrons. The fraction of sp³-hybridized carbons (Fsp3) is 0.429. The Hall–Kier alpha value is -1.00. The molecule has 0 aromatic heterocycles. The third kappa shape index (κ3) is 4.55. The molecule has 0 amide bonds. The first kappa shape index (κ1) is 16.1. The van der Waals surface area contributed by atoms with E-state index in [0.29, 0.717) is 12.4 Å². The predicted molar refractivity (Wildman–Crippen MR) is 78.5 cm³/mol. The standard InChI is InChI=1S/C14H19ClO3S/c1-4-6-9-18-14-8-7-12(19(15,16)17)10-13(14)11(3)5-2/h4,7-8,10-11H,1,5-6,9H2,2-3H3. The molecule has 0 heterocycles. The summed E-state index contributed by atoms with van der Waals surface area (Å²) in [5.74, 6) is 0.914. The van der Waals surface area contributed by atoms with E-state index in [0.717, 1.165) is 18.4 Å². The Morgan fingerprint density at radius 3 is 2.68 bits per heavy atom. The van der Waals surface area contributed by atoms with Crippen molar-refractivity contribution >= 4 is 19.7 Å². The SMILES string of the molecule is C=CCCOc1ccc(S(=O)(=O)Cl)cc1C(C)CC. The molecule has 0 radical (unpaired) electrons. The van der Waals surface area contributed by atoms with E-state index in [2.05, 4.69) is 6.58 Å². The summed E-state index contributed by atoms with van der Waals surface area (Å²) in [5.41, 5.74) is 0.869. The van der Waals surface area contributed by atoms with Crippen LogP contribution >= 0.6 is 10.7 Å². The van der Waals surface area contributed by atoms with Gasteiger partial charge in [-0.1, -0.05) is 19.9 Å². The minimum Gasteiger partial charge on any atom is -0.493 e. The lowest BCUT2D eigenvalue weighted by Gasteiger charge is -2.16. The average Bonchev–Trinajstić information content (AvgIpc) is 2.37. The summed E-state index contributed by atoms with van der Waals surface area (Å²) < 4.78 is 28.4. The summed E-state index contributed by atoms with van der Waals surface area (Å²) >= 11 is 0. The van der Waals surface area contributed by atoms with Gasteiger partial charge in [0.15, 0.2) is 0 Å². The maximum absolute atomic E-state index is 11.4. The molecule has 0 spiro atoms. The Labute approximate surface area is 119 Å². The second-order valence-corrected chi connectivity index (χ2v) is 6.94. The Bertz CT molecular complexity index is 538. The summed E-state index contributed by atoms with van der Waals surface area (Å²) in [6.45, 7) is 8.23. The zero-order valence-electron chi connectivity index (χ0n) is 11.2. The van der Waals surface area contributed by atoms with Crippen LogP contribution < -0.4 is 4.74 Å². The third-order valence-corrected chi connectivity index (χ3v) is 4.34. The van der Waals surface area contributed by atoms with E-state index in [-0.39, 0.29) is 10.8 Å². The van der Waals surface area contributed by atoms with Crippen molar-refractivity contribution in [2.24, 2.45) is 0 Å². The molecular weight excluding hydrogens is 284 g/mol. The second-order valence-electron chi connectivity index (χ2n) is 4.37. The molecule has 0 saturated heterocycles. The maximum atomic E-state index is 11.4. The summed E-state index contributed by atoms with van der Waals surface area (Å²) in [7, 11) is 1.67. The van der Waals surface area contributed by atoms with Crippen LogP contribution in [0.2, 0.25) is 0 Å². The van der Waals surface area contributed by atoms with Crippen LogP contribution in [-0.2, 0) is 9.05 Å². The van der Waals surface area contributed by atoms with Gasteiger partial charge in [-0.15, -0.1) is 6.58 Å². The second kappa shape index (κ2) is 6.96. The lowest BCUT2D eigenvalue weighted by atomic mass is 9.98. The topological polar surface area (TPSA) is 43.4 Å². The van der Waals surface area contributed by atoms with E-state index in [4.69, 9.17) is 15.4 Å². The van der Waals surface area contributed by atoms with Crippen molar-refractivity contribution in [1.29, 1.82) is 0 Å². The maximum Gasteiger partial charge on any atom is 0.261 e. The molecule has 5 heteroatoms. The van der Waals surface area contributed by atoms with Gasteiger partial charge in [0.2, 0.25) is 0 Å². The van der Waals surface area contributed by atoms with Gasteiger partial charge in [0.1, 0.15) is 5.75 Å². The molecule has 1 aromatic rings. The van der Waals surface area contributed by atoms with Crippen molar-refractivity contribution in [3.05, 3.63) is 36.4 Å². The molecule has 19 heavy (non-hydrogen) atoms. The highest BCUT2D eigenvalue weighted by Gasteiger charge is 2.16. The van der Waals surface area contributed by atoms with Crippen LogP contribution in [0.15, 0.2) is 35.7 Å². The normalized spacial score (nSPS) is 13.0. The Morgan fingerprint density at radius 1 is 1.47 bits per heavy atom. The van der Waals surface area contributed by atoms with E-state index in [1.807, 2.05) is 13.8 Å². The largest absolute Gasteiger partial charge is 0.493 e. The highest BCUT2D eigenvalue weighted by Crippen LogP contribution is 2.32. The first-order chi connectivity index (χ1) is 8.90. The Balaban J connectivity index is 3.13. The van der Waals surface area contributed by atoms with Crippen LogP contribution in [-0.4, -0.2) is 15.0 Å². The van der Waals surface area contributed by atoms with E-state index in [9.17, 15) is 8.42 Å². The molecule has 0 N–H and O–H groups in total. The van der Waals surface area contributed by atoms with E-state index < -0.39 is 9.05 Å². The highest BCUT2D eigenvalue weighted by atomic mass is 35.7. The zero-order valence-corrected chi connectivity index (χ0v) is 12.8.